The van der Waals surface area contributed by atoms with Crippen molar-refractivity contribution in [2.75, 3.05) is 25.0 Å². The Balaban J connectivity index is 1.33. The maximum absolute atomic E-state index is 13.5. The second-order valence-electron chi connectivity index (χ2n) is 9.63. The van der Waals surface area contributed by atoms with E-state index in [2.05, 4.69) is 21.3 Å². The number of hydrogen-bond acceptors (Lipinski definition) is 4. The highest BCUT2D eigenvalue weighted by molar-refractivity contribution is 5.74. The minimum absolute atomic E-state index is 0.0202. The van der Waals surface area contributed by atoms with Crippen LogP contribution in [0.4, 0.5) is 23.7 Å². The van der Waals surface area contributed by atoms with Gasteiger partial charge in [-0.2, -0.15) is 13.2 Å². The number of alkyl halides is 3. The summed E-state index contributed by atoms with van der Waals surface area (Å²) in [6, 6.07) is 13.6. The van der Waals surface area contributed by atoms with Gasteiger partial charge in [0.15, 0.2) is 0 Å². The van der Waals surface area contributed by atoms with Gasteiger partial charge in [0.25, 0.3) is 0 Å². The number of rotatable bonds is 4. The Morgan fingerprint density at radius 3 is 2.54 bits per heavy atom. The first-order valence-electron chi connectivity index (χ1n) is 12.3. The van der Waals surface area contributed by atoms with Gasteiger partial charge >= 0.3 is 12.2 Å². The number of anilines is 1. The molecule has 3 heterocycles. The normalized spacial score (nSPS) is 26.7. The third-order valence-electron chi connectivity index (χ3n) is 7.30. The highest BCUT2D eigenvalue weighted by atomic mass is 19.4. The van der Waals surface area contributed by atoms with Gasteiger partial charge in [0.1, 0.15) is 0 Å². The van der Waals surface area contributed by atoms with Crippen molar-refractivity contribution in [3.63, 3.8) is 0 Å². The summed E-state index contributed by atoms with van der Waals surface area (Å²) in [5.41, 5.74) is 1.58. The molecule has 0 spiro atoms. The molecule has 188 valence electrons. The summed E-state index contributed by atoms with van der Waals surface area (Å²) in [4.78, 5) is 12.4. The molecule has 2 saturated heterocycles. The van der Waals surface area contributed by atoms with Gasteiger partial charge in [-0.3, -0.25) is 0 Å². The fraction of sp³-hybridized carbons (Fsp3) is 0.500. The van der Waals surface area contributed by atoms with Crippen molar-refractivity contribution in [2.45, 2.75) is 56.2 Å². The molecule has 2 aromatic rings. The van der Waals surface area contributed by atoms with Gasteiger partial charge in [0.05, 0.1) is 23.8 Å². The number of hydrogen-bond donors (Lipinski definition) is 4. The SMILES string of the molecule is O=C(NC[C@H]1CC[C@@H]2[C@H](O1)c1cc(C(F)(F)F)ccc1N[C@H]2c1ccccc1)NC1CCNCC1. The molecule has 35 heavy (non-hydrogen) atoms. The minimum Gasteiger partial charge on any atom is -0.378 e. The molecule has 9 heteroatoms. The maximum Gasteiger partial charge on any atom is 0.416 e. The lowest BCUT2D eigenvalue weighted by atomic mass is 9.76. The average Bonchev–Trinajstić information content (AvgIpc) is 2.87. The van der Waals surface area contributed by atoms with E-state index in [1.807, 2.05) is 30.3 Å². The number of halogens is 3. The monoisotopic (exact) mass is 488 g/mol. The molecule has 0 bridgehead atoms. The van der Waals surface area contributed by atoms with E-state index in [0.717, 1.165) is 44.0 Å². The van der Waals surface area contributed by atoms with Crippen LogP contribution in [0.2, 0.25) is 0 Å². The fourth-order valence-corrected chi connectivity index (χ4v) is 5.48. The standard InChI is InChI=1S/C26H31F3N4O2/c27-26(28,29)17-6-9-22-21(14-17)24-20(23(33-22)16-4-2-1-3-5-16)8-7-19(35-24)15-31-25(34)32-18-10-12-30-13-11-18/h1-6,9,14,18-20,23-24,30,33H,7-8,10-13,15H2,(H2,31,32,34)/t19-,20+,23+,24+/m1/s1. The molecule has 0 saturated carbocycles. The van der Waals surface area contributed by atoms with Crippen LogP contribution in [-0.2, 0) is 10.9 Å². The number of benzene rings is 2. The van der Waals surface area contributed by atoms with Gasteiger partial charge in [0, 0.05) is 29.8 Å². The molecule has 0 unspecified atom stereocenters. The molecule has 0 aliphatic carbocycles. The Labute approximate surface area is 203 Å². The molecule has 0 aromatic heterocycles. The average molecular weight is 489 g/mol. The lowest BCUT2D eigenvalue weighted by Gasteiger charge is -2.46. The van der Waals surface area contributed by atoms with Crippen LogP contribution in [-0.4, -0.2) is 37.8 Å². The van der Waals surface area contributed by atoms with E-state index in [0.29, 0.717) is 24.2 Å². The lowest BCUT2D eigenvalue weighted by Crippen LogP contribution is -2.49. The summed E-state index contributed by atoms with van der Waals surface area (Å²) in [6.07, 6.45) is -1.92. The Bertz CT molecular complexity index is 1030. The first-order chi connectivity index (χ1) is 16.9. The lowest BCUT2D eigenvalue weighted by molar-refractivity contribution is -0.138. The molecule has 2 aromatic carbocycles. The molecule has 2 amide bonds. The number of amides is 2. The highest BCUT2D eigenvalue weighted by Gasteiger charge is 2.43. The van der Waals surface area contributed by atoms with E-state index < -0.39 is 17.8 Å². The summed E-state index contributed by atoms with van der Waals surface area (Å²) in [7, 11) is 0. The maximum atomic E-state index is 13.5. The molecule has 0 radical (unpaired) electrons. The fourth-order valence-electron chi connectivity index (χ4n) is 5.48. The van der Waals surface area contributed by atoms with Crippen LogP contribution in [0, 0.1) is 5.92 Å². The summed E-state index contributed by atoms with van der Waals surface area (Å²) >= 11 is 0. The van der Waals surface area contributed by atoms with E-state index in [1.165, 1.54) is 12.1 Å². The van der Waals surface area contributed by atoms with Crippen molar-refractivity contribution >= 4 is 11.7 Å². The zero-order chi connectivity index (χ0) is 24.4. The first kappa shape index (κ1) is 23.9. The first-order valence-corrected chi connectivity index (χ1v) is 12.3. The molecule has 6 nitrogen and oxygen atoms in total. The summed E-state index contributed by atoms with van der Waals surface area (Å²) in [6.45, 7) is 2.09. The highest BCUT2D eigenvalue weighted by Crippen LogP contribution is 2.51. The molecule has 3 aliphatic heterocycles. The van der Waals surface area contributed by atoms with E-state index in [9.17, 15) is 18.0 Å². The van der Waals surface area contributed by atoms with E-state index in [-0.39, 0.29) is 30.1 Å². The quantitative estimate of drug-likeness (QED) is 0.501. The van der Waals surface area contributed by atoms with E-state index in [1.54, 1.807) is 0 Å². The van der Waals surface area contributed by atoms with Gasteiger partial charge in [-0.15, -0.1) is 0 Å². The van der Waals surface area contributed by atoms with Crippen LogP contribution < -0.4 is 21.3 Å². The van der Waals surface area contributed by atoms with Gasteiger partial charge in [-0.05, 0) is 62.5 Å². The zero-order valence-electron chi connectivity index (χ0n) is 19.4. The molecular formula is C26H31F3N4O2. The largest absolute Gasteiger partial charge is 0.416 e. The number of piperidine rings is 1. The Morgan fingerprint density at radius 2 is 1.80 bits per heavy atom. The zero-order valence-corrected chi connectivity index (χ0v) is 19.4. The topological polar surface area (TPSA) is 74.4 Å². The van der Waals surface area contributed by atoms with Crippen molar-refractivity contribution in [1.29, 1.82) is 0 Å². The van der Waals surface area contributed by atoms with E-state index in [4.69, 9.17) is 4.74 Å². The smallest absolute Gasteiger partial charge is 0.378 e. The van der Waals surface area contributed by atoms with Crippen molar-refractivity contribution in [2.24, 2.45) is 5.92 Å². The Hall–Kier alpha value is -2.78. The summed E-state index contributed by atoms with van der Waals surface area (Å²) < 4.78 is 46.9. The Morgan fingerprint density at radius 1 is 1.03 bits per heavy atom. The number of fused-ring (bicyclic) bond motifs is 3. The number of nitrogens with one attached hydrogen (secondary N) is 4. The van der Waals surface area contributed by atoms with Crippen LogP contribution in [0.25, 0.3) is 0 Å². The second-order valence-corrected chi connectivity index (χ2v) is 9.63. The van der Waals surface area contributed by atoms with Crippen LogP contribution >= 0.6 is 0 Å². The third-order valence-corrected chi connectivity index (χ3v) is 7.30. The van der Waals surface area contributed by atoms with Gasteiger partial charge in [-0.1, -0.05) is 30.3 Å². The number of carbonyl (C=O) groups excluding carboxylic acids is 1. The summed E-state index contributed by atoms with van der Waals surface area (Å²) in [5.74, 6) is -0.0202. The van der Waals surface area contributed by atoms with Gasteiger partial charge < -0.3 is 26.0 Å². The third kappa shape index (κ3) is 5.41. The van der Waals surface area contributed by atoms with E-state index >= 15 is 0 Å². The second kappa shape index (κ2) is 10.1. The van der Waals surface area contributed by atoms with Crippen molar-refractivity contribution in [1.82, 2.24) is 16.0 Å². The van der Waals surface area contributed by atoms with Crippen LogP contribution in [0.5, 0.6) is 0 Å². The van der Waals surface area contributed by atoms with Gasteiger partial charge in [0.2, 0.25) is 0 Å². The molecule has 3 aliphatic rings. The predicted octanol–water partition coefficient (Wildman–Crippen LogP) is 4.76. The van der Waals surface area contributed by atoms with Crippen LogP contribution in [0.3, 0.4) is 0 Å². The molecule has 4 atom stereocenters. The molecule has 2 fully saturated rings. The Kier molecular flexibility index (Phi) is 6.88. The molecular weight excluding hydrogens is 457 g/mol. The summed E-state index contributed by atoms with van der Waals surface area (Å²) in [5, 5.41) is 12.6. The van der Waals surface area contributed by atoms with Crippen LogP contribution in [0.15, 0.2) is 48.5 Å². The molecule has 4 N–H and O–H groups in total. The number of urea groups is 1. The number of carbonyl (C=O) groups is 1. The van der Waals surface area contributed by atoms with Gasteiger partial charge in [-0.25, -0.2) is 4.79 Å². The van der Waals surface area contributed by atoms with Crippen molar-refractivity contribution in [3.05, 3.63) is 65.2 Å². The predicted molar refractivity (Wildman–Crippen MR) is 127 cm³/mol. The number of ether oxygens (including phenoxy) is 1. The minimum atomic E-state index is -4.43. The van der Waals surface area contributed by atoms with Crippen molar-refractivity contribution < 1.29 is 22.7 Å². The van der Waals surface area contributed by atoms with Crippen LogP contribution in [0.1, 0.15) is 54.5 Å². The van der Waals surface area contributed by atoms with Crippen molar-refractivity contribution in [3.8, 4) is 0 Å². The molecule has 5 rings (SSSR count).